The summed E-state index contributed by atoms with van der Waals surface area (Å²) in [7, 11) is 0. The Balaban J connectivity index is 1.82. The number of hydrogen-bond donors (Lipinski definition) is 2. The fraction of sp³-hybridized carbons (Fsp3) is 0.684. The zero-order chi connectivity index (χ0) is 16.7. The highest BCUT2D eigenvalue weighted by atomic mass is 16.1. The molecule has 2 heterocycles. The first-order valence-electron chi connectivity index (χ1n) is 8.95. The molecule has 0 saturated carbocycles. The molecule has 1 fully saturated rings. The first-order chi connectivity index (χ1) is 11.1. The fourth-order valence-electron chi connectivity index (χ4n) is 3.50. The minimum absolute atomic E-state index is 0.186. The van der Waals surface area contributed by atoms with Gasteiger partial charge in [0.2, 0.25) is 5.91 Å². The molecular formula is C19H31N3O. The summed E-state index contributed by atoms with van der Waals surface area (Å²) >= 11 is 0. The van der Waals surface area contributed by atoms with Crippen molar-refractivity contribution in [2.45, 2.75) is 46.0 Å². The molecular weight excluding hydrogens is 286 g/mol. The van der Waals surface area contributed by atoms with Crippen LogP contribution in [-0.4, -0.2) is 30.5 Å². The largest absolute Gasteiger partial charge is 0.355 e. The molecule has 4 heteroatoms. The van der Waals surface area contributed by atoms with Crippen molar-refractivity contribution in [3.05, 3.63) is 30.1 Å². The summed E-state index contributed by atoms with van der Waals surface area (Å²) in [6, 6.07) is 4.06. The van der Waals surface area contributed by atoms with Crippen molar-refractivity contribution in [3.8, 4) is 0 Å². The first kappa shape index (κ1) is 17.9. The Hall–Kier alpha value is -1.42. The van der Waals surface area contributed by atoms with Crippen molar-refractivity contribution in [2.75, 3.05) is 19.6 Å². The second kappa shape index (κ2) is 9.02. The van der Waals surface area contributed by atoms with Gasteiger partial charge in [-0.1, -0.05) is 26.8 Å². The van der Waals surface area contributed by atoms with E-state index in [2.05, 4.69) is 42.5 Å². The molecule has 2 unspecified atom stereocenters. The van der Waals surface area contributed by atoms with Crippen molar-refractivity contribution >= 4 is 5.91 Å². The summed E-state index contributed by atoms with van der Waals surface area (Å²) in [5.74, 6) is 2.13. The molecule has 0 bridgehead atoms. The monoisotopic (exact) mass is 317 g/mol. The predicted octanol–water partition coefficient (Wildman–Crippen LogP) is 2.96. The number of hydrogen-bond acceptors (Lipinski definition) is 3. The molecule has 4 nitrogen and oxygen atoms in total. The van der Waals surface area contributed by atoms with E-state index in [4.69, 9.17) is 0 Å². The molecule has 0 aliphatic carbocycles. The minimum Gasteiger partial charge on any atom is -0.355 e. The summed E-state index contributed by atoms with van der Waals surface area (Å²) in [5, 5.41) is 6.54. The van der Waals surface area contributed by atoms with Gasteiger partial charge in [0, 0.05) is 31.3 Å². The second-order valence-electron chi connectivity index (χ2n) is 7.21. The highest BCUT2D eigenvalue weighted by molar-refractivity contribution is 5.76. The standard InChI is InChI=1S/C19H31N3O/c1-14(2)18(17-5-4-8-21-12-17)13-22-19(23)11-15(3)16-6-9-20-10-7-16/h4-5,8,12,14-16,18,20H,6-7,9-11,13H2,1-3H3,(H,22,23). The van der Waals surface area contributed by atoms with Gasteiger partial charge in [-0.2, -0.15) is 0 Å². The molecule has 0 radical (unpaired) electrons. The molecule has 2 rings (SSSR count). The van der Waals surface area contributed by atoms with Crippen LogP contribution in [0.4, 0.5) is 0 Å². The van der Waals surface area contributed by atoms with Crippen LogP contribution in [0.25, 0.3) is 0 Å². The van der Waals surface area contributed by atoms with E-state index >= 15 is 0 Å². The number of nitrogens with zero attached hydrogens (tertiary/aromatic N) is 1. The molecule has 1 aromatic heterocycles. The van der Waals surface area contributed by atoms with Gasteiger partial charge in [-0.05, 0) is 55.3 Å². The van der Waals surface area contributed by atoms with Gasteiger partial charge < -0.3 is 10.6 Å². The van der Waals surface area contributed by atoms with Crippen molar-refractivity contribution in [2.24, 2.45) is 17.8 Å². The Bertz CT molecular complexity index is 469. The van der Waals surface area contributed by atoms with Crippen molar-refractivity contribution in [1.82, 2.24) is 15.6 Å². The third-order valence-corrected chi connectivity index (χ3v) is 5.13. The van der Waals surface area contributed by atoms with Crippen LogP contribution < -0.4 is 10.6 Å². The summed E-state index contributed by atoms with van der Waals surface area (Å²) < 4.78 is 0. The summed E-state index contributed by atoms with van der Waals surface area (Å²) in [4.78, 5) is 16.5. The molecule has 1 saturated heterocycles. The van der Waals surface area contributed by atoms with Gasteiger partial charge in [0.1, 0.15) is 0 Å². The van der Waals surface area contributed by atoms with Crippen LogP contribution in [0.3, 0.4) is 0 Å². The molecule has 2 atom stereocenters. The van der Waals surface area contributed by atoms with Gasteiger partial charge in [-0.25, -0.2) is 0 Å². The zero-order valence-electron chi connectivity index (χ0n) is 14.7. The molecule has 0 spiro atoms. The normalized spacial score (nSPS) is 18.6. The lowest BCUT2D eigenvalue weighted by atomic mass is 9.84. The van der Waals surface area contributed by atoms with Crippen LogP contribution in [0, 0.1) is 17.8 Å². The molecule has 1 aromatic rings. The lowest BCUT2D eigenvalue weighted by Gasteiger charge is -2.28. The molecule has 23 heavy (non-hydrogen) atoms. The average Bonchev–Trinajstić information content (AvgIpc) is 2.56. The van der Waals surface area contributed by atoms with E-state index in [0.29, 0.717) is 36.6 Å². The van der Waals surface area contributed by atoms with Gasteiger partial charge in [0.05, 0.1) is 0 Å². The Labute approximate surface area is 140 Å². The number of carbonyl (C=O) groups is 1. The summed E-state index contributed by atoms with van der Waals surface area (Å²) in [5.41, 5.74) is 1.20. The van der Waals surface area contributed by atoms with E-state index in [0.717, 1.165) is 13.1 Å². The molecule has 1 aliphatic rings. The van der Waals surface area contributed by atoms with Gasteiger partial charge in [0.25, 0.3) is 0 Å². The van der Waals surface area contributed by atoms with Gasteiger partial charge in [0.15, 0.2) is 0 Å². The van der Waals surface area contributed by atoms with Crippen LogP contribution in [-0.2, 0) is 4.79 Å². The summed E-state index contributed by atoms with van der Waals surface area (Å²) in [6.45, 7) is 9.49. The lowest BCUT2D eigenvalue weighted by Crippen LogP contribution is -2.35. The SMILES string of the molecule is CC(C)C(CNC(=O)CC(C)C1CCNCC1)c1cccnc1. The van der Waals surface area contributed by atoms with Crippen LogP contribution in [0.5, 0.6) is 0 Å². The quantitative estimate of drug-likeness (QED) is 0.813. The van der Waals surface area contributed by atoms with Crippen molar-refractivity contribution < 1.29 is 4.79 Å². The highest BCUT2D eigenvalue weighted by Crippen LogP contribution is 2.25. The topological polar surface area (TPSA) is 54.0 Å². The van der Waals surface area contributed by atoms with Crippen molar-refractivity contribution in [1.29, 1.82) is 0 Å². The average molecular weight is 317 g/mol. The van der Waals surface area contributed by atoms with E-state index < -0.39 is 0 Å². The van der Waals surface area contributed by atoms with Crippen LogP contribution in [0.1, 0.15) is 51.5 Å². The van der Waals surface area contributed by atoms with Crippen molar-refractivity contribution in [3.63, 3.8) is 0 Å². The molecule has 0 aromatic carbocycles. The number of amides is 1. The van der Waals surface area contributed by atoms with E-state index in [9.17, 15) is 4.79 Å². The van der Waals surface area contributed by atoms with Gasteiger partial charge in [-0.15, -0.1) is 0 Å². The second-order valence-corrected chi connectivity index (χ2v) is 7.21. The van der Waals surface area contributed by atoms with Crippen LogP contribution in [0.15, 0.2) is 24.5 Å². The molecule has 1 amide bonds. The maximum atomic E-state index is 12.3. The van der Waals surface area contributed by atoms with Gasteiger partial charge in [-0.3, -0.25) is 9.78 Å². The number of rotatable bonds is 7. The van der Waals surface area contributed by atoms with E-state index in [-0.39, 0.29) is 5.91 Å². The van der Waals surface area contributed by atoms with E-state index in [1.54, 1.807) is 6.20 Å². The fourth-order valence-corrected chi connectivity index (χ4v) is 3.50. The highest BCUT2D eigenvalue weighted by Gasteiger charge is 2.23. The lowest BCUT2D eigenvalue weighted by molar-refractivity contribution is -0.122. The number of nitrogens with one attached hydrogen (secondary N) is 2. The molecule has 128 valence electrons. The third-order valence-electron chi connectivity index (χ3n) is 5.13. The predicted molar refractivity (Wildman–Crippen MR) is 94.2 cm³/mol. The number of carbonyl (C=O) groups excluding carboxylic acids is 1. The third kappa shape index (κ3) is 5.61. The Kier molecular flexibility index (Phi) is 7.03. The maximum absolute atomic E-state index is 12.3. The van der Waals surface area contributed by atoms with Crippen LogP contribution >= 0.6 is 0 Å². The Morgan fingerprint density at radius 1 is 1.35 bits per heavy atom. The van der Waals surface area contributed by atoms with E-state index in [1.165, 1.54) is 18.4 Å². The van der Waals surface area contributed by atoms with E-state index in [1.807, 2.05) is 12.3 Å². The molecule has 2 N–H and O–H groups in total. The first-order valence-corrected chi connectivity index (χ1v) is 8.95. The van der Waals surface area contributed by atoms with Gasteiger partial charge >= 0.3 is 0 Å². The smallest absolute Gasteiger partial charge is 0.220 e. The minimum atomic E-state index is 0.186. The zero-order valence-corrected chi connectivity index (χ0v) is 14.7. The molecule has 1 aliphatic heterocycles. The number of aromatic nitrogens is 1. The number of piperidine rings is 1. The Morgan fingerprint density at radius 3 is 2.70 bits per heavy atom. The summed E-state index contributed by atoms with van der Waals surface area (Å²) in [6.07, 6.45) is 6.73. The Morgan fingerprint density at radius 2 is 2.09 bits per heavy atom. The number of pyridine rings is 1. The van der Waals surface area contributed by atoms with Crippen LogP contribution in [0.2, 0.25) is 0 Å². The maximum Gasteiger partial charge on any atom is 0.220 e.